The molecule has 6 heteroatoms. The molecule has 0 unspecified atom stereocenters. The first-order valence-electron chi connectivity index (χ1n) is 4.70. The summed E-state index contributed by atoms with van der Waals surface area (Å²) in [6.07, 6.45) is 1.83. The van der Waals surface area contributed by atoms with Crippen LogP contribution in [0.25, 0.3) is 16.8 Å². The maximum absolute atomic E-state index is 11.7. The zero-order chi connectivity index (χ0) is 11.3. The van der Waals surface area contributed by atoms with Crippen molar-refractivity contribution < 1.29 is 0 Å². The number of halogens is 1. The van der Waals surface area contributed by atoms with Gasteiger partial charge in [-0.05, 0) is 35.0 Å². The summed E-state index contributed by atoms with van der Waals surface area (Å²) in [5.74, 6) is 0.583. The summed E-state index contributed by atoms with van der Waals surface area (Å²) < 4.78 is 2.63. The lowest BCUT2D eigenvalue weighted by molar-refractivity contribution is 1.03. The molecule has 0 aliphatic rings. The van der Waals surface area contributed by atoms with Crippen molar-refractivity contribution in [2.75, 3.05) is 0 Å². The average Bonchev–Trinajstić information content (AvgIpc) is 2.59. The third kappa shape index (κ3) is 1.19. The number of rotatable bonds is 0. The van der Waals surface area contributed by atoms with Crippen LogP contribution in [0.2, 0.25) is 0 Å². The molecule has 80 valence electrons. The van der Waals surface area contributed by atoms with E-state index in [0.717, 1.165) is 4.47 Å². The van der Waals surface area contributed by atoms with Crippen molar-refractivity contribution in [2.45, 2.75) is 6.92 Å². The molecule has 0 saturated heterocycles. The number of aromatic amines is 1. The van der Waals surface area contributed by atoms with E-state index in [1.54, 1.807) is 11.3 Å². The minimum atomic E-state index is -0.210. The second-order valence-corrected chi connectivity index (χ2v) is 4.34. The van der Waals surface area contributed by atoms with Crippen LogP contribution >= 0.6 is 15.9 Å². The molecule has 0 fully saturated rings. The molecule has 3 aromatic heterocycles. The topological polar surface area (TPSA) is 63.1 Å². The largest absolute Gasteiger partial charge is 0.309 e. The SMILES string of the molecule is Cc1nc2c(nc3c(Br)cccn32)c(=O)[nH]1. The van der Waals surface area contributed by atoms with Gasteiger partial charge in [0, 0.05) is 6.20 Å². The molecule has 0 aromatic carbocycles. The second kappa shape index (κ2) is 3.15. The molecule has 0 saturated carbocycles. The number of hydrogen-bond donors (Lipinski definition) is 1. The molecule has 3 rings (SSSR count). The minimum absolute atomic E-state index is 0.210. The van der Waals surface area contributed by atoms with Crippen molar-refractivity contribution in [2.24, 2.45) is 0 Å². The van der Waals surface area contributed by atoms with Crippen LogP contribution < -0.4 is 5.56 Å². The molecular formula is C10H7BrN4O. The summed E-state index contributed by atoms with van der Waals surface area (Å²) in [6, 6.07) is 3.75. The van der Waals surface area contributed by atoms with Gasteiger partial charge in [0.05, 0.1) is 4.47 Å². The molecule has 0 bridgehead atoms. The predicted molar refractivity (Wildman–Crippen MR) is 63.6 cm³/mol. The van der Waals surface area contributed by atoms with Crippen molar-refractivity contribution >= 4 is 32.7 Å². The highest BCUT2D eigenvalue weighted by molar-refractivity contribution is 9.10. The summed E-state index contributed by atoms with van der Waals surface area (Å²) in [5, 5.41) is 0. The van der Waals surface area contributed by atoms with Gasteiger partial charge in [-0.2, -0.15) is 0 Å². The zero-order valence-electron chi connectivity index (χ0n) is 8.36. The minimum Gasteiger partial charge on any atom is -0.309 e. The Morgan fingerprint density at radius 3 is 3.00 bits per heavy atom. The first-order valence-corrected chi connectivity index (χ1v) is 5.49. The number of aromatic nitrogens is 4. The van der Waals surface area contributed by atoms with Crippen LogP contribution in [0.15, 0.2) is 27.6 Å². The van der Waals surface area contributed by atoms with E-state index in [2.05, 4.69) is 30.9 Å². The van der Waals surface area contributed by atoms with Gasteiger partial charge in [0.2, 0.25) is 0 Å². The van der Waals surface area contributed by atoms with E-state index < -0.39 is 0 Å². The highest BCUT2D eigenvalue weighted by Gasteiger charge is 2.11. The summed E-state index contributed by atoms with van der Waals surface area (Å²) >= 11 is 3.39. The molecule has 16 heavy (non-hydrogen) atoms. The number of imidazole rings is 1. The van der Waals surface area contributed by atoms with E-state index in [4.69, 9.17) is 0 Å². The Morgan fingerprint density at radius 1 is 1.38 bits per heavy atom. The molecule has 0 aliphatic carbocycles. The van der Waals surface area contributed by atoms with Crippen molar-refractivity contribution in [3.63, 3.8) is 0 Å². The maximum atomic E-state index is 11.7. The van der Waals surface area contributed by atoms with Gasteiger partial charge in [0.1, 0.15) is 5.82 Å². The van der Waals surface area contributed by atoms with E-state index >= 15 is 0 Å². The molecule has 1 N–H and O–H groups in total. The quantitative estimate of drug-likeness (QED) is 0.680. The first-order chi connectivity index (χ1) is 7.66. The van der Waals surface area contributed by atoms with Crippen LogP contribution in [0.4, 0.5) is 0 Å². The van der Waals surface area contributed by atoms with E-state index in [-0.39, 0.29) is 5.56 Å². The van der Waals surface area contributed by atoms with E-state index in [1.165, 1.54) is 0 Å². The van der Waals surface area contributed by atoms with Gasteiger partial charge < -0.3 is 4.98 Å². The molecule has 5 nitrogen and oxygen atoms in total. The second-order valence-electron chi connectivity index (χ2n) is 3.49. The van der Waals surface area contributed by atoms with Gasteiger partial charge in [-0.3, -0.25) is 9.20 Å². The highest BCUT2D eigenvalue weighted by atomic mass is 79.9. The van der Waals surface area contributed by atoms with Crippen LogP contribution in [-0.2, 0) is 0 Å². The van der Waals surface area contributed by atoms with Crippen LogP contribution in [0.3, 0.4) is 0 Å². The van der Waals surface area contributed by atoms with Crippen molar-refractivity contribution in [3.8, 4) is 0 Å². The van der Waals surface area contributed by atoms with Gasteiger partial charge in [0.25, 0.3) is 5.56 Å². The van der Waals surface area contributed by atoms with Gasteiger partial charge in [-0.25, -0.2) is 9.97 Å². The number of pyridine rings is 1. The molecule has 3 heterocycles. The average molecular weight is 279 g/mol. The number of aryl methyl sites for hydroxylation is 1. The smallest absolute Gasteiger partial charge is 0.279 e. The Bertz CT molecular complexity index is 758. The number of hydrogen-bond acceptors (Lipinski definition) is 3. The summed E-state index contributed by atoms with van der Waals surface area (Å²) in [7, 11) is 0. The number of nitrogens with zero attached hydrogens (tertiary/aromatic N) is 3. The monoisotopic (exact) mass is 278 g/mol. The third-order valence-corrected chi connectivity index (χ3v) is 2.98. The van der Waals surface area contributed by atoms with Crippen LogP contribution in [0.5, 0.6) is 0 Å². The molecule has 0 amide bonds. The zero-order valence-corrected chi connectivity index (χ0v) is 9.95. The van der Waals surface area contributed by atoms with Crippen LogP contribution in [-0.4, -0.2) is 19.4 Å². The van der Waals surface area contributed by atoms with Crippen molar-refractivity contribution in [1.82, 2.24) is 19.4 Å². The molecule has 0 atom stereocenters. The van der Waals surface area contributed by atoms with Crippen LogP contribution in [0, 0.1) is 6.92 Å². The Morgan fingerprint density at radius 2 is 2.19 bits per heavy atom. The summed E-state index contributed by atoms with van der Waals surface area (Å²) in [5.41, 5.74) is 1.43. The van der Waals surface area contributed by atoms with E-state index in [0.29, 0.717) is 22.6 Å². The van der Waals surface area contributed by atoms with Gasteiger partial charge in [0.15, 0.2) is 16.8 Å². The van der Waals surface area contributed by atoms with Crippen LogP contribution in [0.1, 0.15) is 5.82 Å². The van der Waals surface area contributed by atoms with Gasteiger partial charge in [-0.1, -0.05) is 0 Å². The standard InChI is InChI=1S/C10H7BrN4O/c1-5-12-9-7(10(16)13-5)14-8-6(11)3-2-4-15(8)9/h2-4H,1H3,(H,12,13,16). The van der Waals surface area contributed by atoms with E-state index in [1.807, 2.05) is 18.3 Å². The number of nitrogens with one attached hydrogen (secondary N) is 1. The maximum Gasteiger partial charge on any atom is 0.279 e. The fourth-order valence-corrected chi connectivity index (χ4v) is 2.12. The lowest BCUT2D eigenvalue weighted by atomic mass is 10.5. The van der Waals surface area contributed by atoms with Crippen molar-refractivity contribution in [1.29, 1.82) is 0 Å². The molecular weight excluding hydrogens is 272 g/mol. The van der Waals surface area contributed by atoms with Gasteiger partial charge in [-0.15, -0.1) is 0 Å². The predicted octanol–water partition coefficient (Wildman–Crippen LogP) is 1.64. The first kappa shape index (κ1) is 9.53. The van der Waals surface area contributed by atoms with Gasteiger partial charge >= 0.3 is 0 Å². The Labute approximate surface area is 98.3 Å². The van der Waals surface area contributed by atoms with Crippen molar-refractivity contribution in [3.05, 3.63) is 39.0 Å². The normalized spacial score (nSPS) is 11.4. The molecule has 0 radical (unpaired) electrons. The van der Waals surface area contributed by atoms with E-state index in [9.17, 15) is 4.79 Å². The lowest BCUT2D eigenvalue weighted by Crippen LogP contribution is -2.09. The Kier molecular flexibility index (Phi) is 1.88. The summed E-state index contributed by atoms with van der Waals surface area (Å²) in [6.45, 7) is 1.75. The highest BCUT2D eigenvalue weighted by Crippen LogP contribution is 2.19. The fraction of sp³-hybridized carbons (Fsp3) is 0.100. The molecule has 3 aromatic rings. The number of fused-ring (bicyclic) bond motifs is 3. The molecule has 0 aliphatic heterocycles. The summed E-state index contributed by atoms with van der Waals surface area (Å²) in [4.78, 5) is 22.9. The Balaban J connectivity index is 2.67. The third-order valence-electron chi connectivity index (χ3n) is 2.36. The Hall–Kier alpha value is -1.69. The number of H-pyrrole nitrogens is 1. The molecule has 0 spiro atoms. The fourth-order valence-electron chi connectivity index (χ4n) is 1.69. The lowest BCUT2D eigenvalue weighted by Gasteiger charge is -1.96.